The SMILES string of the molecule is Brc1ccccc1-c1ncc(C2CC2)cn1. The van der Waals surface area contributed by atoms with Crippen LogP contribution in [0.5, 0.6) is 0 Å². The molecule has 0 N–H and O–H groups in total. The predicted octanol–water partition coefficient (Wildman–Crippen LogP) is 3.78. The molecular weight excluding hydrogens is 264 g/mol. The van der Waals surface area contributed by atoms with Gasteiger partial charge in [0.25, 0.3) is 0 Å². The molecular formula is C13H11BrN2. The van der Waals surface area contributed by atoms with Crippen molar-refractivity contribution in [3.8, 4) is 11.4 Å². The Morgan fingerprint density at radius 2 is 1.75 bits per heavy atom. The summed E-state index contributed by atoms with van der Waals surface area (Å²) in [6.07, 6.45) is 6.49. The summed E-state index contributed by atoms with van der Waals surface area (Å²) >= 11 is 3.51. The summed E-state index contributed by atoms with van der Waals surface area (Å²) in [6.45, 7) is 0. The van der Waals surface area contributed by atoms with Crippen LogP contribution in [-0.2, 0) is 0 Å². The second kappa shape index (κ2) is 3.98. The van der Waals surface area contributed by atoms with Crippen LogP contribution in [0.3, 0.4) is 0 Å². The van der Waals surface area contributed by atoms with Gasteiger partial charge in [-0.2, -0.15) is 0 Å². The number of benzene rings is 1. The summed E-state index contributed by atoms with van der Waals surface area (Å²) in [5, 5.41) is 0. The summed E-state index contributed by atoms with van der Waals surface area (Å²) in [7, 11) is 0. The van der Waals surface area contributed by atoms with E-state index in [1.807, 2.05) is 36.7 Å². The van der Waals surface area contributed by atoms with Crippen LogP contribution in [0.4, 0.5) is 0 Å². The maximum Gasteiger partial charge on any atom is 0.160 e. The van der Waals surface area contributed by atoms with Gasteiger partial charge < -0.3 is 0 Å². The zero-order valence-electron chi connectivity index (χ0n) is 8.73. The normalized spacial score (nSPS) is 15.1. The summed E-state index contributed by atoms with van der Waals surface area (Å²) in [6, 6.07) is 8.02. The maximum absolute atomic E-state index is 4.43. The van der Waals surface area contributed by atoms with Crippen LogP contribution in [0, 0.1) is 0 Å². The second-order valence-electron chi connectivity index (χ2n) is 4.09. The number of nitrogens with zero attached hydrogens (tertiary/aromatic N) is 2. The van der Waals surface area contributed by atoms with Gasteiger partial charge in [0.05, 0.1) is 0 Å². The summed E-state index contributed by atoms with van der Waals surface area (Å²) in [5.41, 5.74) is 2.32. The summed E-state index contributed by atoms with van der Waals surface area (Å²) in [4.78, 5) is 8.86. The molecule has 1 aromatic heterocycles. The van der Waals surface area contributed by atoms with Crippen molar-refractivity contribution < 1.29 is 0 Å². The first kappa shape index (κ1) is 9.97. The van der Waals surface area contributed by atoms with Crippen LogP contribution < -0.4 is 0 Å². The zero-order chi connectivity index (χ0) is 11.0. The molecule has 1 aromatic carbocycles. The molecule has 80 valence electrons. The minimum Gasteiger partial charge on any atom is -0.236 e. The highest BCUT2D eigenvalue weighted by atomic mass is 79.9. The van der Waals surface area contributed by atoms with Crippen molar-refractivity contribution in [2.24, 2.45) is 0 Å². The Labute approximate surface area is 103 Å². The fourth-order valence-corrected chi connectivity index (χ4v) is 2.21. The molecule has 0 radical (unpaired) electrons. The van der Waals surface area contributed by atoms with Crippen LogP contribution in [-0.4, -0.2) is 9.97 Å². The Bertz CT molecular complexity index is 504. The third-order valence-electron chi connectivity index (χ3n) is 2.84. The van der Waals surface area contributed by atoms with Crippen molar-refractivity contribution >= 4 is 15.9 Å². The van der Waals surface area contributed by atoms with E-state index < -0.39 is 0 Å². The Kier molecular flexibility index (Phi) is 2.48. The number of aromatic nitrogens is 2. The van der Waals surface area contributed by atoms with Gasteiger partial charge >= 0.3 is 0 Å². The van der Waals surface area contributed by atoms with Crippen LogP contribution in [0.1, 0.15) is 24.3 Å². The smallest absolute Gasteiger partial charge is 0.160 e. The van der Waals surface area contributed by atoms with E-state index in [-0.39, 0.29) is 0 Å². The van der Waals surface area contributed by atoms with E-state index in [0.29, 0.717) is 5.92 Å². The summed E-state index contributed by atoms with van der Waals surface area (Å²) < 4.78 is 1.04. The van der Waals surface area contributed by atoms with E-state index in [1.165, 1.54) is 18.4 Å². The van der Waals surface area contributed by atoms with Gasteiger partial charge in [-0.25, -0.2) is 9.97 Å². The van der Waals surface area contributed by atoms with E-state index in [1.54, 1.807) is 0 Å². The third-order valence-corrected chi connectivity index (χ3v) is 3.53. The molecule has 1 heterocycles. The van der Waals surface area contributed by atoms with Crippen molar-refractivity contribution in [3.05, 3.63) is 46.7 Å². The first-order valence-corrected chi connectivity index (χ1v) is 6.21. The van der Waals surface area contributed by atoms with Crippen LogP contribution >= 0.6 is 15.9 Å². The van der Waals surface area contributed by atoms with Crippen molar-refractivity contribution in [3.63, 3.8) is 0 Å². The highest BCUT2D eigenvalue weighted by Crippen LogP contribution is 2.39. The largest absolute Gasteiger partial charge is 0.236 e. The van der Waals surface area contributed by atoms with Gasteiger partial charge in [-0.3, -0.25) is 0 Å². The highest BCUT2D eigenvalue weighted by Gasteiger charge is 2.24. The monoisotopic (exact) mass is 274 g/mol. The predicted molar refractivity (Wildman–Crippen MR) is 67.1 cm³/mol. The first-order chi connectivity index (χ1) is 7.84. The number of rotatable bonds is 2. The molecule has 0 saturated heterocycles. The van der Waals surface area contributed by atoms with Gasteiger partial charge in [0.2, 0.25) is 0 Å². The van der Waals surface area contributed by atoms with Gasteiger partial charge in [0.15, 0.2) is 5.82 Å². The number of hydrogen-bond acceptors (Lipinski definition) is 2. The molecule has 0 unspecified atom stereocenters. The Balaban J connectivity index is 1.97. The molecule has 0 aliphatic heterocycles. The molecule has 16 heavy (non-hydrogen) atoms. The van der Waals surface area contributed by atoms with Crippen molar-refractivity contribution in [1.29, 1.82) is 0 Å². The number of hydrogen-bond donors (Lipinski definition) is 0. The first-order valence-electron chi connectivity index (χ1n) is 5.41. The van der Waals surface area contributed by atoms with Gasteiger partial charge in [-0.1, -0.05) is 34.1 Å². The van der Waals surface area contributed by atoms with E-state index in [0.717, 1.165) is 15.9 Å². The fourth-order valence-electron chi connectivity index (χ4n) is 1.75. The van der Waals surface area contributed by atoms with Gasteiger partial charge in [-0.05, 0) is 30.4 Å². The Morgan fingerprint density at radius 1 is 1.06 bits per heavy atom. The molecule has 1 aliphatic rings. The maximum atomic E-state index is 4.43. The van der Waals surface area contributed by atoms with Crippen LogP contribution in [0.25, 0.3) is 11.4 Å². The van der Waals surface area contributed by atoms with Crippen molar-refractivity contribution in [2.75, 3.05) is 0 Å². The molecule has 2 nitrogen and oxygen atoms in total. The van der Waals surface area contributed by atoms with Crippen molar-refractivity contribution in [2.45, 2.75) is 18.8 Å². The Hall–Kier alpha value is -1.22. The molecule has 1 fully saturated rings. The standard InChI is InChI=1S/C13H11BrN2/c14-12-4-2-1-3-11(12)13-15-7-10(8-16-13)9-5-6-9/h1-4,7-9H,5-6H2. The van der Waals surface area contributed by atoms with Crippen LogP contribution in [0.2, 0.25) is 0 Å². The fraction of sp³-hybridized carbons (Fsp3) is 0.231. The van der Waals surface area contributed by atoms with E-state index in [9.17, 15) is 0 Å². The van der Waals surface area contributed by atoms with E-state index in [4.69, 9.17) is 0 Å². The van der Waals surface area contributed by atoms with E-state index >= 15 is 0 Å². The second-order valence-corrected chi connectivity index (χ2v) is 4.95. The van der Waals surface area contributed by atoms with Crippen LogP contribution in [0.15, 0.2) is 41.1 Å². The molecule has 3 heteroatoms. The highest BCUT2D eigenvalue weighted by molar-refractivity contribution is 9.10. The molecule has 0 amide bonds. The topological polar surface area (TPSA) is 25.8 Å². The average Bonchev–Trinajstić information content (AvgIpc) is 3.14. The Morgan fingerprint density at radius 3 is 2.38 bits per heavy atom. The minimum absolute atomic E-state index is 0.716. The van der Waals surface area contributed by atoms with Gasteiger partial charge in [0, 0.05) is 22.4 Å². The molecule has 3 rings (SSSR count). The lowest BCUT2D eigenvalue weighted by atomic mass is 10.2. The summed E-state index contributed by atoms with van der Waals surface area (Å²) in [5.74, 6) is 1.50. The molecule has 2 aromatic rings. The van der Waals surface area contributed by atoms with Crippen molar-refractivity contribution in [1.82, 2.24) is 9.97 Å². The molecule has 1 aliphatic carbocycles. The number of halogens is 1. The minimum atomic E-state index is 0.716. The molecule has 0 spiro atoms. The zero-order valence-corrected chi connectivity index (χ0v) is 10.3. The lowest BCUT2D eigenvalue weighted by molar-refractivity contribution is 1.04. The van der Waals surface area contributed by atoms with E-state index in [2.05, 4.69) is 25.9 Å². The molecule has 0 bridgehead atoms. The lowest BCUT2D eigenvalue weighted by Crippen LogP contribution is -1.91. The average molecular weight is 275 g/mol. The molecule has 1 saturated carbocycles. The molecule has 0 atom stereocenters. The van der Waals surface area contributed by atoms with Gasteiger partial charge in [-0.15, -0.1) is 0 Å². The quantitative estimate of drug-likeness (QED) is 0.833. The van der Waals surface area contributed by atoms with Gasteiger partial charge in [0.1, 0.15) is 0 Å². The third kappa shape index (κ3) is 1.87. The lowest BCUT2D eigenvalue weighted by Gasteiger charge is -2.03.